The molecule has 2 amide bonds. The van der Waals surface area contributed by atoms with Crippen molar-refractivity contribution in [1.29, 1.82) is 0 Å². The van der Waals surface area contributed by atoms with Crippen LogP contribution in [0.1, 0.15) is 23.9 Å². The number of benzene rings is 1. The van der Waals surface area contributed by atoms with Crippen molar-refractivity contribution >= 4 is 12.0 Å². The molecule has 6 heteroatoms. The van der Waals surface area contributed by atoms with Crippen molar-refractivity contribution in [2.75, 3.05) is 5.32 Å². The Morgan fingerprint density at radius 3 is 2.75 bits per heavy atom. The fraction of sp³-hybridized carbons (Fsp3) is 0.357. The zero-order chi connectivity index (χ0) is 14.5. The molecular weight excluding hydrogens is 254 g/mol. The van der Waals surface area contributed by atoms with Gasteiger partial charge in [0.1, 0.15) is 5.82 Å². The van der Waals surface area contributed by atoms with E-state index in [9.17, 15) is 4.79 Å². The first kappa shape index (κ1) is 14.0. The van der Waals surface area contributed by atoms with E-state index in [2.05, 4.69) is 20.7 Å². The number of hydrogen-bond acceptors (Lipinski definition) is 3. The molecule has 1 heterocycles. The fourth-order valence-corrected chi connectivity index (χ4v) is 1.91. The summed E-state index contributed by atoms with van der Waals surface area (Å²) in [6.45, 7) is 4.49. The number of nitrogens with zero attached hydrogens (tertiary/aromatic N) is 3. The van der Waals surface area contributed by atoms with Gasteiger partial charge in [0, 0.05) is 20.0 Å². The largest absolute Gasteiger partial charge is 0.334 e. The highest BCUT2D eigenvalue weighted by Crippen LogP contribution is 2.06. The van der Waals surface area contributed by atoms with Gasteiger partial charge in [-0.1, -0.05) is 31.2 Å². The maximum atomic E-state index is 11.8. The van der Waals surface area contributed by atoms with Crippen molar-refractivity contribution in [1.82, 2.24) is 20.1 Å². The molecule has 0 aliphatic heterocycles. The number of aryl methyl sites for hydroxylation is 3. The average molecular weight is 273 g/mol. The van der Waals surface area contributed by atoms with E-state index in [0.717, 1.165) is 23.4 Å². The van der Waals surface area contributed by atoms with Crippen LogP contribution in [0.15, 0.2) is 24.3 Å². The molecule has 20 heavy (non-hydrogen) atoms. The lowest BCUT2D eigenvalue weighted by Gasteiger charge is -2.07. The number of anilines is 1. The zero-order valence-electron chi connectivity index (χ0n) is 12.0. The van der Waals surface area contributed by atoms with Crippen LogP contribution in [0, 0.1) is 6.92 Å². The Hall–Kier alpha value is -2.37. The van der Waals surface area contributed by atoms with Gasteiger partial charge < -0.3 is 5.32 Å². The van der Waals surface area contributed by atoms with E-state index in [1.54, 1.807) is 4.68 Å². The van der Waals surface area contributed by atoms with Crippen LogP contribution in [0.4, 0.5) is 10.7 Å². The van der Waals surface area contributed by atoms with Crippen LogP contribution in [0.25, 0.3) is 0 Å². The number of nitrogens with one attached hydrogen (secondary N) is 2. The summed E-state index contributed by atoms with van der Waals surface area (Å²) >= 11 is 0. The van der Waals surface area contributed by atoms with Gasteiger partial charge in [-0.3, -0.25) is 10.00 Å². The predicted octanol–water partition coefficient (Wildman–Crippen LogP) is 2.01. The summed E-state index contributed by atoms with van der Waals surface area (Å²) in [7, 11) is 1.81. The Morgan fingerprint density at radius 1 is 1.35 bits per heavy atom. The highest BCUT2D eigenvalue weighted by Gasteiger charge is 2.08. The molecule has 0 aliphatic carbocycles. The Morgan fingerprint density at radius 2 is 2.10 bits per heavy atom. The Bertz CT molecular complexity index is 605. The lowest BCUT2D eigenvalue weighted by Crippen LogP contribution is -2.29. The van der Waals surface area contributed by atoms with Crippen molar-refractivity contribution in [3.8, 4) is 0 Å². The van der Waals surface area contributed by atoms with E-state index in [0.29, 0.717) is 12.5 Å². The first-order valence-corrected chi connectivity index (χ1v) is 6.59. The molecule has 2 aromatic rings. The van der Waals surface area contributed by atoms with Gasteiger partial charge in [-0.2, -0.15) is 4.98 Å². The molecule has 1 aromatic heterocycles. The van der Waals surface area contributed by atoms with Gasteiger partial charge in [0.15, 0.2) is 0 Å². The number of carbonyl (C=O) groups is 1. The number of carbonyl (C=O) groups excluding carboxylic acids is 1. The van der Waals surface area contributed by atoms with Crippen LogP contribution in [0.2, 0.25) is 0 Å². The molecule has 0 unspecified atom stereocenters. The van der Waals surface area contributed by atoms with Crippen LogP contribution >= 0.6 is 0 Å². The number of rotatable bonds is 4. The van der Waals surface area contributed by atoms with Crippen LogP contribution in [-0.2, 0) is 20.0 Å². The Balaban J connectivity index is 1.91. The number of amides is 2. The first-order chi connectivity index (χ1) is 9.60. The molecule has 0 saturated carbocycles. The van der Waals surface area contributed by atoms with Crippen molar-refractivity contribution in [3.05, 3.63) is 41.2 Å². The molecule has 2 rings (SSSR count). The van der Waals surface area contributed by atoms with E-state index >= 15 is 0 Å². The summed E-state index contributed by atoms with van der Waals surface area (Å²) in [6.07, 6.45) is 0.774. The van der Waals surface area contributed by atoms with E-state index in [-0.39, 0.29) is 6.03 Å². The van der Waals surface area contributed by atoms with Gasteiger partial charge in [-0.15, -0.1) is 5.10 Å². The number of hydrogen-bond donors (Lipinski definition) is 2. The third-order valence-corrected chi connectivity index (χ3v) is 3.10. The summed E-state index contributed by atoms with van der Waals surface area (Å²) in [4.78, 5) is 16.0. The van der Waals surface area contributed by atoms with Crippen molar-refractivity contribution < 1.29 is 4.79 Å². The predicted molar refractivity (Wildman–Crippen MR) is 77.4 cm³/mol. The Kier molecular flexibility index (Phi) is 4.34. The van der Waals surface area contributed by atoms with Crippen LogP contribution < -0.4 is 10.6 Å². The lowest BCUT2D eigenvalue weighted by atomic mass is 10.1. The molecule has 1 aromatic carbocycles. The highest BCUT2D eigenvalue weighted by molar-refractivity contribution is 5.87. The quantitative estimate of drug-likeness (QED) is 0.895. The van der Waals surface area contributed by atoms with Gasteiger partial charge in [0.25, 0.3) is 0 Å². The molecule has 6 nitrogen and oxygen atoms in total. The SMILES string of the molecule is CCc1nc(NC(=O)NCc2ccccc2C)nn1C. The highest BCUT2D eigenvalue weighted by atomic mass is 16.2. The fourth-order valence-electron chi connectivity index (χ4n) is 1.91. The molecule has 0 radical (unpaired) electrons. The second-order valence-electron chi connectivity index (χ2n) is 4.56. The van der Waals surface area contributed by atoms with Gasteiger partial charge in [-0.05, 0) is 18.1 Å². The monoisotopic (exact) mass is 273 g/mol. The molecule has 0 fully saturated rings. The van der Waals surface area contributed by atoms with Gasteiger partial charge >= 0.3 is 6.03 Å². The van der Waals surface area contributed by atoms with Crippen molar-refractivity contribution in [2.24, 2.45) is 7.05 Å². The summed E-state index contributed by atoms with van der Waals surface area (Å²) in [5.74, 6) is 1.16. The van der Waals surface area contributed by atoms with Crippen molar-refractivity contribution in [2.45, 2.75) is 26.8 Å². The zero-order valence-corrected chi connectivity index (χ0v) is 12.0. The molecule has 0 atom stereocenters. The lowest BCUT2D eigenvalue weighted by molar-refractivity contribution is 0.251. The topological polar surface area (TPSA) is 71.8 Å². The maximum Gasteiger partial charge on any atom is 0.321 e. The molecule has 0 bridgehead atoms. The van der Waals surface area contributed by atoms with Gasteiger partial charge in [0.2, 0.25) is 5.95 Å². The molecule has 2 N–H and O–H groups in total. The van der Waals surface area contributed by atoms with Crippen LogP contribution in [0.3, 0.4) is 0 Å². The van der Waals surface area contributed by atoms with E-state index in [1.807, 2.05) is 45.2 Å². The normalized spacial score (nSPS) is 10.3. The minimum absolute atomic E-state index is 0.304. The molecule has 0 saturated heterocycles. The number of urea groups is 1. The first-order valence-electron chi connectivity index (χ1n) is 6.59. The van der Waals surface area contributed by atoms with E-state index < -0.39 is 0 Å². The smallest absolute Gasteiger partial charge is 0.321 e. The molecule has 0 aliphatic rings. The van der Waals surface area contributed by atoms with Crippen LogP contribution in [-0.4, -0.2) is 20.8 Å². The summed E-state index contributed by atoms with van der Waals surface area (Å²) < 4.78 is 1.66. The van der Waals surface area contributed by atoms with E-state index in [4.69, 9.17) is 0 Å². The third-order valence-electron chi connectivity index (χ3n) is 3.10. The minimum Gasteiger partial charge on any atom is -0.334 e. The summed E-state index contributed by atoms with van der Waals surface area (Å²) in [6, 6.07) is 7.63. The molecule has 0 spiro atoms. The maximum absolute atomic E-state index is 11.8. The Labute approximate surface area is 118 Å². The van der Waals surface area contributed by atoms with Crippen molar-refractivity contribution in [3.63, 3.8) is 0 Å². The molecule has 106 valence electrons. The average Bonchev–Trinajstić information content (AvgIpc) is 2.77. The summed E-state index contributed by atoms with van der Waals surface area (Å²) in [5, 5.41) is 9.56. The summed E-state index contributed by atoms with van der Waals surface area (Å²) in [5.41, 5.74) is 2.24. The second-order valence-corrected chi connectivity index (χ2v) is 4.56. The van der Waals surface area contributed by atoms with Crippen LogP contribution in [0.5, 0.6) is 0 Å². The minimum atomic E-state index is -0.304. The number of aromatic nitrogens is 3. The standard InChI is InChI=1S/C14H19N5O/c1-4-12-16-13(18-19(12)3)17-14(20)15-9-11-8-6-5-7-10(11)2/h5-8H,4,9H2,1-3H3,(H2,15,17,18,20). The van der Waals surface area contributed by atoms with Gasteiger partial charge in [-0.25, -0.2) is 4.79 Å². The second kappa shape index (κ2) is 6.18. The van der Waals surface area contributed by atoms with Gasteiger partial charge in [0.05, 0.1) is 0 Å². The molecular formula is C14H19N5O. The van der Waals surface area contributed by atoms with E-state index in [1.165, 1.54) is 0 Å². The third kappa shape index (κ3) is 3.34.